The maximum absolute atomic E-state index is 12.7. The molecule has 20 heavy (non-hydrogen) atoms. The molecule has 2 N–H and O–H groups in total. The van der Waals surface area contributed by atoms with Crippen LogP contribution in [0.25, 0.3) is 0 Å². The molecule has 108 valence electrons. The molecule has 0 heterocycles. The molecular weight excluding hydrogens is 315 g/mol. The number of benzene rings is 1. The van der Waals surface area contributed by atoms with Gasteiger partial charge in [0.2, 0.25) is 0 Å². The molecule has 0 bridgehead atoms. The highest BCUT2D eigenvalue weighted by atomic mass is 35.5. The molecule has 0 aliphatic heterocycles. The lowest BCUT2D eigenvalue weighted by Crippen LogP contribution is -2.43. The Morgan fingerprint density at radius 2 is 2.00 bits per heavy atom. The van der Waals surface area contributed by atoms with E-state index in [2.05, 4.69) is 0 Å². The number of halogens is 2. The summed E-state index contributed by atoms with van der Waals surface area (Å²) in [6.45, 7) is 0.289. The van der Waals surface area contributed by atoms with Crippen LogP contribution in [0.1, 0.15) is 36.0 Å². The van der Waals surface area contributed by atoms with Gasteiger partial charge in [-0.1, -0.05) is 48.3 Å². The Bertz CT molecular complexity index is 530. The van der Waals surface area contributed by atoms with Gasteiger partial charge in [-0.2, -0.15) is 0 Å². The first-order chi connectivity index (χ1) is 9.49. The van der Waals surface area contributed by atoms with E-state index in [-0.39, 0.29) is 18.5 Å². The molecule has 0 unspecified atom stereocenters. The van der Waals surface area contributed by atoms with Crippen molar-refractivity contribution in [1.82, 2.24) is 4.90 Å². The number of thiocarbonyl (C=S) groups is 1. The van der Waals surface area contributed by atoms with E-state index in [1.54, 1.807) is 23.1 Å². The predicted octanol–water partition coefficient (Wildman–Crippen LogP) is 3.66. The third-order valence-electron chi connectivity index (χ3n) is 3.51. The molecule has 1 aromatic carbocycles. The molecule has 1 aliphatic rings. The van der Waals surface area contributed by atoms with E-state index in [1.807, 2.05) is 0 Å². The minimum atomic E-state index is -0.133. The number of carbonyl (C=O) groups excluding carboxylic acids is 1. The molecule has 0 radical (unpaired) electrons. The Hall–Kier alpha value is -0.840. The van der Waals surface area contributed by atoms with Gasteiger partial charge in [-0.3, -0.25) is 4.79 Å². The van der Waals surface area contributed by atoms with Gasteiger partial charge < -0.3 is 10.6 Å². The largest absolute Gasteiger partial charge is 0.392 e. The van der Waals surface area contributed by atoms with Gasteiger partial charge in [0.25, 0.3) is 5.91 Å². The van der Waals surface area contributed by atoms with E-state index in [0.29, 0.717) is 20.6 Å². The molecule has 0 aromatic heterocycles. The Balaban J connectivity index is 2.27. The Morgan fingerprint density at radius 3 is 2.55 bits per heavy atom. The Kier molecular flexibility index (Phi) is 5.24. The average molecular weight is 331 g/mol. The van der Waals surface area contributed by atoms with Crippen LogP contribution in [0.3, 0.4) is 0 Å². The van der Waals surface area contributed by atoms with Gasteiger partial charge >= 0.3 is 0 Å². The molecule has 0 spiro atoms. The van der Waals surface area contributed by atoms with Gasteiger partial charge in [-0.05, 0) is 31.0 Å². The summed E-state index contributed by atoms with van der Waals surface area (Å²) in [6, 6.07) is 5.07. The lowest BCUT2D eigenvalue weighted by atomic mass is 10.1. The van der Waals surface area contributed by atoms with Crippen LogP contribution >= 0.6 is 35.4 Å². The molecule has 0 saturated heterocycles. The summed E-state index contributed by atoms with van der Waals surface area (Å²) in [5.41, 5.74) is 6.07. The first-order valence-electron chi connectivity index (χ1n) is 6.53. The number of carbonyl (C=O) groups is 1. The Labute approximate surface area is 134 Å². The van der Waals surface area contributed by atoms with Gasteiger partial charge in [-0.25, -0.2) is 0 Å². The van der Waals surface area contributed by atoms with Crippen LogP contribution in [0.4, 0.5) is 0 Å². The first kappa shape index (κ1) is 15.5. The second-order valence-electron chi connectivity index (χ2n) is 4.96. The highest BCUT2D eigenvalue weighted by Gasteiger charge is 2.28. The normalized spacial score (nSPS) is 15.3. The van der Waals surface area contributed by atoms with Crippen molar-refractivity contribution in [2.75, 3.05) is 6.54 Å². The topological polar surface area (TPSA) is 46.3 Å². The fraction of sp³-hybridized carbons (Fsp3) is 0.429. The summed E-state index contributed by atoms with van der Waals surface area (Å²) < 4.78 is 0. The van der Waals surface area contributed by atoms with Crippen molar-refractivity contribution in [3.05, 3.63) is 33.8 Å². The first-order valence-corrected chi connectivity index (χ1v) is 7.70. The van der Waals surface area contributed by atoms with E-state index in [4.69, 9.17) is 41.2 Å². The second-order valence-corrected chi connectivity index (χ2v) is 6.33. The SMILES string of the molecule is NC(=S)CN(C(=O)c1ccc(Cl)cc1Cl)C1CCCC1. The van der Waals surface area contributed by atoms with Crippen LogP contribution in [0, 0.1) is 0 Å². The molecule has 2 rings (SSSR count). The summed E-state index contributed by atoms with van der Waals surface area (Å²) in [5, 5.41) is 0.863. The lowest BCUT2D eigenvalue weighted by molar-refractivity contribution is 0.0715. The number of hydrogen-bond donors (Lipinski definition) is 1. The summed E-state index contributed by atoms with van der Waals surface area (Å²) in [6.07, 6.45) is 4.22. The van der Waals surface area contributed by atoms with Crippen LogP contribution < -0.4 is 5.73 Å². The van der Waals surface area contributed by atoms with Gasteiger partial charge in [-0.15, -0.1) is 0 Å². The van der Waals surface area contributed by atoms with Gasteiger partial charge in [0.05, 0.1) is 22.1 Å². The van der Waals surface area contributed by atoms with Crippen LogP contribution in [0.2, 0.25) is 10.0 Å². The maximum atomic E-state index is 12.7. The van der Waals surface area contributed by atoms with E-state index >= 15 is 0 Å². The fourth-order valence-electron chi connectivity index (χ4n) is 2.57. The zero-order chi connectivity index (χ0) is 14.7. The number of hydrogen-bond acceptors (Lipinski definition) is 2. The third kappa shape index (κ3) is 3.62. The van der Waals surface area contributed by atoms with Crippen molar-refractivity contribution in [1.29, 1.82) is 0 Å². The highest BCUT2D eigenvalue weighted by Crippen LogP contribution is 2.27. The van der Waals surface area contributed by atoms with Gasteiger partial charge in [0.15, 0.2) is 0 Å². The van der Waals surface area contributed by atoms with E-state index in [9.17, 15) is 4.79 Å². The summed E-state index contributed by atoms with van der Waals surface area (Å²) in [5.74, 6) is -0.133. The van der Waals surface area contributed by atoms with Crippen LogP contribution in [-0.2, 0) is 0 Å². The standard InChI is InChI=1S/C14H16Cl2N2OS/c15-9-5-6-11(12(16)7-9)14(19)18(8-13(17)20)10-3-1-2-4-10/h5-7,10H,1-4,8H2,(H2,17,20). The lowest BCUT2D eigenvalue weighted by Gasteiger charge is -2.29. The van der Waals surface area contributed by atoms with Crippen LogP contribution in [0.15, 0.2) is 18.2 Å². The molecule has 6 heteroatoms. The van der Waals surface area contributed by atoms with E-state index in [1.165, 1.54) is 0 Å². The summed E-state index contributed by atoms with van der Waals surface area (Å²) in [7, 11) is 0. The van der Waals surface area contributed by atoms with Crippen molar-refractivity contribution in [2.45, 2.75) is 31.7 Å². The van der Waals surface area contributed by atoms with E-state index in [0.717, 1.165) is 25.7 Å². The smallest absolute Gasteiger partial charge is 0.255 e. The van der Waals surface area contributed by atoms with Crippen molar-refractivity contribution in [3.63, 3.8) is 0 Å². The molecule has 1 aliphatic carbocycles. The monoisotopic (exact) mass is 330 g/mol. The quantitative estimate of drug-likeness (QED) is 0.857. The maximum Gasteiger partial charge on any atom is 0.255 e. The van der Waals surface area contributed by atoms with Crippen molar-refractivity contribution >= 4 is 46.3 Å². The van der Waals surface area contributed by atoms with Crippen molar-refractivity contribution in [2.24, 2.45) is 5.73 Å². The van der Waals surface area contributed by atoms with Crippen molar-refractivity contribution in [3.8, 4) is 0 Å². The van der Waals surface area contributed by atoms with Crippen LogP contribution in [0.5, 0.6) is 0 Å². The molecular formula is C14H16Cl2N2OS. The minimum absolute atomic E-state index is 0.133. The zero-order valence-electron chi connectivity index (χ0n) is 10.9. The zero-order valence-corrected chi connectivity index (χ0v) is 13.3. The molecule has 1 amide bonds. The minimum Gasteiger partial charge on any atom is -0.392 e. The Morgan fingerprint density at radius 1 is 1.35 bits per heavy atom. The van der Waals surface area contributed by atoms with E-state index < -0.39 is 0 Å². The molecule has 0 atom stereocenters. The van der Waals surface area contributed by atoms with Gasteiger partial charge in [0.1, 0.15) is 0 Å². The molecule has 3 nitrogen and oxygen atoms in total. The number of nitrogens with two attached hydrogens (primary N) is 1. The predicted molar refractivity (Wildman–Crippen MR) is 86.5 cm³/mol. The third-order valence-corrected chi connectivity index (χ3v) is 4.19. The van der Waals surface area contributed by atoms with Gasteiger partial charge in [0, 0.05) is 11.1 Å². The number of rotatable bonds is 4. The number of amides is 1. The average Bonchev–Trinajstić information content (AvgIpc) is 2.88. The summed E-state index contributed by atoms with van der Waals surface area (Å²) in [4.78, 5) is 14.7. The summed E-state index contributed by atoms with van der Waals surface area (Å²) >= 11 is 16.9. The fourth-order valence-corrected chi connectivity index (χ4v) is 3.20. The number of nitrogens with zero attached hydrogens (tertiary/aromatic N) is 1. The van der Waals surface area contributed by atoms with Crippen LogP contribution in [-0.4, -0.2) is 28.4 Å². The molecule has 1 saturated carbocycles. The molecule has 1 fully saturated rings. The van der Waals surface area contributed by atoms with Crippen molar-refractivity contribution < 1.29 is 4.79 Å². The highest BCUT2D eigenvalue weighted by molar-refractivity contribution is 7.80. The second kappa shape index (κ2) is 6.74. The molecule has 1 aromatic rings.